The molecule has 0 aliphatic carbocycles. The van der Waals surface area contributed by atoms with Gasteiger partial charge in [0.25, 0.3) is 0 Å². The molecular weight excluding hydrogens is 299 g/mol. The first-order chi connectivity index (χ1) is 9.13. The van der Waals surface area contributed by atoms with Crippen molar-refractivity contribution in [1.29, 1.82) is 0 Å². The fourth-order valence-electron chi connectivity index (χ4n) is 2.32. The molecule has 5 heteroatoms. The van der Waals surface area contributed by atoms with Gasteiger partial charge in [-0.3, -0.25) is 0 Å². The van der Waals surface area contributed by atoms with Gasteiger partial charge in [-0.1, -0.05) is 0 Å². The van der Waals surface area contributed by atoms with E-state index in [2.05, 4.69) is 26.2 Å². The fraction of sp³-hybridized carbons (Fsp3) is 0.643. The van der Waals surface area contributed by atoms with Crippen molar-refractivity contribution in [3.8, 4) is 0 Å². The van der Waals surface area contributed by atoms with Gasteiger partial charge in [0.05, 0.1) is 0 Å². The van der Waals surface area contributed by atoms with Crippen molar-refractivity contribution in [3.63, 3.8) is 0 Å². The summed E-state index contributed by atoms with van der Waals surface area (Å²) >= 11 is -0.458. The Labute approximate surface area is 121 Å². The van der Waals surface area contributed by atoms with Gasteiger partial charge < -0.3 is 0 Å². The number of rotatable bonds is 5. The van der Waals surface area contributed by atoms with E-state index in [1.54, 1.807) is 6.20 Å². The number of piperazine rings is 1. The molecule has 0 atom stereocenters. The summed E-state index contributed by atoms with van der Waals surface area (Å²) in [6.07, 6.45) is 1.80. The van der Waals surface area contributed by atoms with Gasteiger partial charge in [-0.15, -0.1) is 0 Å². The Hall–Kier alpha value is -0.572. The van der Waals surface area contributed by atoms with E-state index >= 15 is 0 Å². The Balaban J connectivity index is 1.74. The predicted octanol–water partition coefficient (Wildman–Crippen LogP) is 1.54. The van der Waals surface area contributed by atoms with E-state index in [4.69, 9.17) is 5.73 Å². The van der Waals surface area contributed by atoms with E-state index < -0.39 is 14.7 Å². The molecule has 2 heterocycles. The third-order valence-electron chi connectivity index (χ3n) is 3.55. The molecule has 2 N–H and O–H groups in total. The standard InChI is InChI=1S/C14H25AsN4/c1-15(2)4-6-18-7-9-19(10-8-18)12-14-11-13(16)3-5-17-14/h3,5,11H,4,6-10,12H2,1-2H3,(H2,16,17). The molecule has 106 valence electrons. The minimum absolute atomic E-state index is 0.458. The van der Waals surface area contributed by atoms with Gasteiger partial charge in [0.15, 0.2) is 0 Å². The Morgan fingerprint density at radius 2 is 1.89 bits per heavy atom. The van der Waals surface area contributed by atoms with Crippen molar-refractivity contribution in [2.45, 2.75) is 23.2 Å². The summed E-state index contributed by atoms with van der Waals surface area (Å²) in [5, 5.41) is 1.45. The van der Waals surface area contributed by atoms with Crippen LogP contribution in [0.1, 0.15) is 5.69 Å². The molecule has 19 heavy (non-hydrogen) atoms. The fourth-order valence-corrected chi connectivity index (χ4v) is 3.76. The average molecular weight is 324 g/mol. The van der Waals surface area contributed by atoms with E-state index in [0.29, 0.717) is 0 Å². The summed E-state index contributed by atoms with van der Waals surface area (Å²) in [6.45, 7) is 6.93. The molecular formula is C14H25AsN4. The molecule has 0 bridgehead atoms. The van der Waals surface area contributed by atoms with Crippen molar-refractivity contribution in [1.82, 2.24) is 14.8 Å². The first-order valence-electron chi connectivity index (χ1n) is 6.93. The van der Waals surface area contributed by atoms with Crippen LogP contribution in [0.4, 0.5) is 5.69 Å². The molecule has 1 aromatic heterocycles. The van der Waals surface area contributed by atoms with Crippen LogP contribution in [0.3, 0.4) is 0 Å². The number of hydrogen-bond acceptors (Lipinski definition) is 4. The molecule has 1 aliphatic rings. The number of anilines is 1. The number of nitrogens with zero attached hydrogens (tertiary/aromatic N) is 3. The van der Waals surface area contributed by atoms with Crippen LogP contribution in [0.2, 0.25) is 16.6 Å². The summed E-state index contributed by atoms with van der Waals surface area (Å²) < 4.78 is 0. The van der Waals surface area contributed by atoms with Crippen LogP contribution in [0.5, 0.6) is 0 Å². The van der Waals surface area contributed by atoms with Gasteiger partial charge >= 0.3 is 121 Å². The second-order valence-electron chi connectivity index (χ2n) is 5.50. The molecule has 2 rings (SSSR count). The van der Waals surface area contributed by atoms with Gasteiger partial charge in [-0.2, -0.15) is 0 Å². The van der Waals surface area contributed by atoms with Crippen LogP contribution in [-0.2, 0) is 6.54 Å². The first kappa shape index (κ1) is 14.8. The Bertz CT molecular complexity index is 389. The second kappa shape index (κ2) is 7.27. The normalized spacial score (nSPS) is 18.1. The van der Waals surface area contributed by atoms with Crippen LogP contribution < -0.4 is 5.73 Å². The number of nitrogens with two attached hydrogens (primary N) is 1. The number of pyridine rings is 1. The Kier molecular flexibility index (Phi) is 5.68. The Morgan fingerprint density at radius 1 is 1.21 bits per heavy atom. The van der Waals surface area contributed by atoms with Gasteiger partial charge in [0, 0.05) is 0 Å². The van der Waals surface area contributed by atoms with Crippen LogP contribution in [-0.4, -0.2) is 62.2 Å². The van der Waals surface area contributed by atoms with Crippen molar-refractivity contribution < 1.29 is 0 Å². The molecule has 1 aromatic rings. The molecule has 0 amide bonds. The third-order valence-corrected chi connectivity index (χ3v) is 5.85. The Morgan fingerprint density at radius 3 is 2.53 bits per heavy atom. The minimum atomic E-state index is -0.458. The zero-order valence-electron chi connectivity index (χ0n) is 12.0. The van der Waals surface area contributed by atoms with Gasteiger partial charge in [-0.25, -0.2) is 0 Å². The second-order valence-corrected chi connectivity index (χ2v) is 11.0. The molecule has 1 aliphatic heterocycles. The predicted molar refractivity (Wildman–Crippen MR) is 82.7 cm³/mol. The van der Waals surface area contributed by atoms with Crippen LogP contribution >= 0.6 is 0 Å². The number of aromatic nitrogens is 1. The molecule has 0 spiro atoms. The van der Waals surface area contributed by atoms with E-state index in [9.17, 15) is 0 Å². The van der Waals surface area contributed by atoms with Crippen molar-refractivity contribution >= 4 is 20.3 Å². The van der Waals surface area contributed by atoms with Crippen molar-refractivity contribution in [3.05, 3.63) is 24.0 Å². The molecule has 1 saturated heterocycles. The van der Waals surface area contributed by atoms with E-state index in [0.717, 1.165) is 31.0 Å². The molecule has 4 nitrogen and oxygen atoms in total. The van der Waals surface area contributed by atoms with Crippen LogP contribution in [0.15, 0.2) is 18.3 Å². The molecule has 1 fully saturated rings. The van der Waals surface area contributed by atoms with E-state index in [-0.39, 0.29) is 0 Å². The zero-order valence-corrected chi connectivity index (χ0v) is 13.9. The molecule has 0 radical (unpaired) electrons. The number of hydrogen-bond donors (Lipinski definition) is 1. The topological polar surface area (TPSA) is 45.4 Å². The van der Waals surface area contributed by atoms with Crippen LogP contribution in [0.25, 0.3) is 0 Å². The summed E-state index contributed by atoms with van der Waals surface area (Å²) in [6, 6.07) is 3.83. The molecule has 0 aromatic carbocycles. The van der Waals surface area contributed by atoms with Gasteiger partial charge in [0.1, 0.15) is 0 Å². The number of nitrogen functional groups attached to an aromatic ring is 1. The third kappa shape index (κ3) is 5.13. The molecule has 0 unspecified atom stereocenters. The summed E-state index contributed by atoms with van der Waals surface area (Å²) in [5.41, 5.74) is 12.6. The van der Waals surface area contributed by atoms with Gasteiger partial charge in [-0.05, 0) is 0 Å². The SMILES string of the molecule is C[As](C)CCN1CCN(Cc2cc(N)ccn2)CC1. The maximum absolute atomic E-state index is 5.79. The summed E-state index contributed by atoms with van der Waals surface area (Å²) in [4.78, 5) is 9.47. The van der Waals surface area contributed by atoms with Crippen molar-refractivity contribution in [2.75, 3.05) is 38.5 Å². The molecule has 0 saturated carbocycles. The summed E-state index contributed by atoms with van der Waals surface area (Å²) in [7, 11) is 0. The van der Waals surface area contributed by atoms with Gasteiger partial charge in [0.2, 0.25) is 0 Å². The zero-order chi connectivity index (χ0) is 13.7. The maximum atomic E-state index is 5.79. The quantitative estimate of drug-likeness (QED) is 0.835. The van der Waals surface area contributed by atoms with Crippen LogP contribution in [0, 0.1) is 0 Å². The average Bonchev–Trinajstić information content (AvgIpc) is 2.38. The van der Waals surface area contributed by atoms with E-state index in [1.807, 2.05) is 12.1 Å². The van der Waals surface area contributed by atoms with Crippen molar-refractivity contribution in [2.24, 2.45) is 0 Å². The van der Waals surface area contributed by atoms with E-state index in [1.165, 1.54) is 24.8 Å². The summed E-state index contributed by atoms with van der Waals surface area (Å²) in [5.74, 6) is 0. The monoisotopic (exact) mass is 324 g/mol. The first-order valence-corrected chi connectivity index (χ1v) is 12.0.